The van der Waals surface area contributed by atoms with Gasteiger partial charge in [0.15, 0.2) is 0 Å². The second-order valence-corrected chi connectivity index (χ2v) is 14.0. The summed E-state index contributed by atoms with van der Waals surface area (Å²) in [5.41, 5.74) is -0.354. The van der Waals surface area contributed by atoms with E-state index in [0.29, 0.717) is 58.2 Å². The summed E-state index contributed by atoms with van der Waals surface area (Å²) in [6.45, 7) is 4.25. The molecule has 0 aromatic heterocycles. The number of nitrogens with one attached hydrogen (secondary N) is 4. The number of piperidine rings is 3. The summed E-state index contributed by atoms with van der Waals surface area (Å²) < 4.78 is 43.8. The summed E-state index contributed by atoms with van der Waals surface area (Å²) in [6, 6.07) is 0.387. The van der Waals surface area contributed by atoms with Crippen LogP contribution < -0.4 is 21.3 Å². The molecule has 9 nitrogen and oxygen atoms in total. The number of carbonyl (C=O) groups excluding carboxylic acids is 2. The van der Waals surface area contributed by atoms with E-state index in [1.165, 1.54) is 4.90 Å². The molecule has 14 heteroatoms. The smallest absolute Gasteiger partial charge is 0.380 e. The molecule has 4 N–H and O–H groups in total. The topological polar surface area (TPSA) is 98.0 Å². The van der Waals surface area contributed by atoms with Crippen molar-refractivity contribution in [1.82, 2.24) is 31.1 Å². The van der Waals surface area contributed by atoms with Crippen LogP contribution in [0.3, 0.4) is 0 Å². The van der Waals surface area contributed by atoms with Gasteiger partial charge in [-0.05, 0) is 57.5 Å². The van der Waals surface area contributed by atoms with E-state index in [-0.39, 0.29) is 63.9 Å². The van der Waals surface area contributed by atoms with Crippen LogP contribution in [0.4, 0.5) is 13.2 Å². The van der Waals surface area contributed by atoms with Crippen LogP contribution >= 0.6 is 23.4 Å². The molecule has 0 aromatic rings. The van der Waals surface area contributed by atoms with Crippen molar-refractivity contribution in [2.75, 3.05) is 52.9 Å². The average Bonchev–Trinajstić information content (AvgIpc) is 3.46. The third-order valence-electron chi connectivity index (χ3n) is 9.38. The summed E-state index contributed by atoms with van der Waals surface area (Å²) in [6.07, 6.45) is -1.64. The number of nitrogens with zero attached hydrogens (tertiary/aromatic N) is 2. The Morgan fingerprint density at radius 3 is 2.52 bits per heavy atom. The maximum Gasteiger partial charge on any atom is 0.401 e. The molecule has 9 atom stereocenters. The maximum absolute atomic E-state index is 13.6. The minimum absolute atomic E-state index is 0.0133. The third kappa shape index (κ3) is 7.20. The number of alkyl halides is 4. The molecule has 5 saturated heterocycles. The quantitative estimate of drug-likeness (QED) is 0.265. The molecule has 5 aliphatic rings. The SMILES string of the molecule is COC1CNC(Cl)CC1C1CC(C)NCC1C(=O)NC1NC2CN(C(=O)C3CCN(CC(F)(F)F)CC3)CC2S1. The maximum atomic E-state index is 13.6. The number of methoxy groups -OCH3 is 1. The zero-order valence-electron chi connectivity index (χ0n) is 23.1. The summed E-state index contributed by atoms with van der Waals surface area (Å²) in [5.74, 6) is 0.00278. The number of hydrogen-bond donors (Lipinski definition) is 4. The lowest BCUT2D eigenvalue weighted by Gasteiger charge is -2.45. The van der Waals surface area contributed by atoms with E-state index in [2.05, 4.69) is 28.2 Å². The average molecular weight is 611 g/mol. The highest BCUT2D eigenvalue weighted by atomic mass is 35.5. The first kappa shape index (κ1) is 30.6. The number of halogens is 4. The molecule has 2 amide bonds. The highest BCUT2D eigenvalue weighted by molar-refractivity contribution is 8.00. The van der Waals surface area contributed by atoms with Crippen molar-refractivity contribution in [3.63, 3.8) is 0 Å². The van der Waals surface area contributed by atoms with Crippen molar-refractivity contribution in [3.05, 3.63) is 0 Å². The Hall–Kier alpha value is -0.830. The Balaban J connectivity index is 1.11. The lowest BCUT2D eigenvalue weighted by molar-refractivity contribution is -0.151. The van der Waals surface area contributed by atoms with Crippen LogP contribution in [-0.4, -0.2) is 115 Å². The molecule has 40 heavy (non-hydrogen) atoms. The number of fused-ring (bicyclic) bond motifs is 1. The van der Waals surface area contributed by atoms with Gasteiger partial charge in [-0.3, -0.25) is 25.1 Å². The van der Waals surface area contributed by atoms with Gasteiger partial charge in [-0.2, -0.15) is 13.2 Å². The van der Waals surface area contributed by atoms with E-state index in [4.69, 9.17) is 16.3 Å². The Labute approximate surface area is 243 Å². The first-order valence-electron chi connectivity index (χ1n) is 14.4. The molecule has 0 aromatic carbocycles. The minimum Gasteiger partial charge on any atom is -0.380 e. The first-order chi connectivity index (χ1) is 19.0. The fraction of sp³-hybridized carbons (Fsp3) is 0.923. The number of likely N-dealkylation sites (tertiary alicyclic amines) is 2. The van der Waals surface area contributed by atoms with Crippen LogP contribution in [0.2, 0.25) is 0 Å². The Morgan fingerprint density at radius 1 is 1.10 bits per heavy atom. The zero-order chi connectivity index (χ0) is 28.6. The van der Waals surface area contributed by atoms with Gasteiger partial charge in [-0.15, -0.1) is 23.4 Å². The molecule has 9 unspecified atom stereocenters. The van der Waals surface area contributed by atoms with Gasteiger partial charge in [0.05, 0.1) is 24.1 Å². The second-order valence-electron chi connectivity index (χ2n) is 12.1. The molecule has 0 aliphatic carbocycles. The van der Waals surface area contributed by atoms with Crippen LogP contribution in [0.15, 0.2) is 0 Å². The molecule has 5 rings (SSSR count). The molecule has 0 bridgehead atoms. The summed E-state index contributed by atoms with van der Waals surface area (Å²) >= 11 is 8.10. The number of amides is 2. The number of rotatable bonds is 6. The lowest BCUT2D eigenvalue weighted by Crippen LogP contribution is -2.57. The highest BCUT2D eigenvalue weighted by Crippen LogP contribution is 2.39. The van der Waals surface area contributed by atoms with E-state index in [1.807, 2.05) is 4.90 Å². The monoisotopic (exact) mass is 610 g/mol. The van der Waals surface area contributed by atoms with Gasteiger partial charge < -0.3 is 20.3 Å². The van der Waals surface area contributed by atoms with Crippen LogP contribution in [0.25, 0.3) is 0 Å². The molecule has 0 saturated carbocycles. The van der Waals surface area contributed by atoms with Crippen molar-refractivity contribution in [2.24, 2.45) is 23.7 Å². The van der Waals surface area contributed by atoms with Crippen molar-refractivity contribution in [3.8, 4) is 0 Å². The third-order valence-corrected chi connectivity index (χ3v) is 11.1. The van der Waals surface area contributed by atoms with Crippen molar-refractivity contribution in [2.45, 2.75) is 73.2 Å². The van der Waals surface area contributed by atoms with E-state index in [9.17, 15) is 22.8 Å². The molecule has 0 spiro atoms. The minimum atomic E-state index is -4.21. The van der Waals surface area contributed by atoms with Gasteiger partial charge in [-0.1, -0.05) is 0 Å². The Bertz CT molecular complexity index is 899. The fourth-order valence-electron chi connectivity index (χ4n) is 7.30. The van der Waals surface area contributed by atoms with Crippen LogP contribution in [-0.2, 0) is 14.3 Å². The Kier molecular flexibility index (Phi) is 9.80. The molecule has 5 aliphatic heterocycles. The normalized spacial score (nSPS) is 39.8. The molecule has 5 fully saturated rings. The van der Waals surface area contributed by atoms with Gasteiger partial charge in [0.25, 0.3) is 0 Å². The molecular weight excluding hydrogens is 569 g/mol. The second kappa shape index (κ2) is 12.8. The van der Waals surface area contributed by atoms with Gasteiger partial charge in [-0.25, -0.2) is 0 Å². The van der Waals surface area contributed by atoms with Crippen LogP contribution in [0, 0.1) is 23.7 Å². The number of thioether (sulfide) groups is 1. The van der Waals surface area contributed by atoms with E-state index < -0.39 is 12.7 Å². The summed E-state index contributed by atoms with van der Waals surface area (Å²) in [5, 5.41) is 13.6. The summed E-state index contributed by atoms with van der Waals surface area (Å²) in [4.78, 5) is 29.9. The van der Waals surface area contributed by atoms with Crippen molar-refractivity contribution >= 4 is 35.2 Å². The first-order valence-corrected chi connectivity index (χ1v) is 15.8. The summed E-state index contributed by atoms with van der Waals surface area (Å²) in [7, 11) is 1.72. The zero-order valence-corrected chi connectivity index (χ0v) is 24.7. The van der Waals surface area contributed by atoms with E-state index in [1.54, 1.807) is 18.9 Å². The van der Waals surface area contributed by atoms with Crippen molar-refractivity contribution in [1.29, 1.82) is 0 Å². The molecule has 5 heterocycles. The molecule has 228 valence electrons. The van der Waals surface area contributed by atoms with Gasteiger partial charge in [0.1, 0.15) is 5.50 Å². The molecular formula is C26H42ClF3N6O3S. The molecule has 0 radical (unpaired) electrons. The van der Waals surface area contributed by atoms with Crippen LogP contribution in [0.5, 0.6) is 0 Å². The highest BCUT2D eigenvalue weighted by Gasteiger charge is 2.47. The largest absolute Gasteiger partial charge is 0.401 e. The van der Waals surface area contributed by atoms with Crippen molar-refractivity contribution < 1.29 is 27.5 Å². The predicted octanol–water partition coefficient (Wildman–Crippen LogP) is 1.38. The lowest BCUT2D eigenvalue weighted by atomic mass is 9.70. The number of hydrogen-bond acceptors (Lipinski definition) is 8. The number of ether oxygens (including phenoxy) is 1. The van der Waals surface area contributed by atoms with E-state index in [0.717, 1.165) is 12.8 Å². The predicted molar refractivity (Wildman–Crippen MR) is 148 cm³/mol. The van der Waals surface area contributed by atoms with Gasteiger partial charge in [0.2, 0.25) is 11.8 Å². The standard InChI is InChI=1S/C26H42ClF3N6O3S/c1-14-7-16(17-8-22(27)32-10-20(17)39-2)18(9-31-14)23(37)34-25-33-19-11-36(12-21(19)40-25)24(38)15-3-5-35(6-4-15)13-26(28,29)30/h14-22,25,31-33H,3-13H2,1-2H3,(H,34,37). The Morgan fingerprint density at radius 2 is 1.85 bits per heavy atom. The van der Waals surface area contributed by atoms with Gasteiger partial charge in [0, 0.05) is 56.5 Å². The van der Waals surface area contributed by atoms with Gasteiger partial charge >= 0.3 is 6.18 Å². The van der Waals surface area contributed by atoms with Crippen LogP contribution in [0.1, 0.15) is 32.6 Å². The fourth-order valence-corrected chi connectivity index (χ4v) is 9.00. The number of carbonyl (C=O) groups is 2. The van der Waals surface area contributed by atoms with E-state index >= 15 is 0 Å².